The largest absolute Gasteiger partial charge is 0.494 e. The zero-order chi connectivity index (χ0) is 19.4. The monoisotopic (exact) mass is 364 g/mol. The average molecular weight is 364 g/mol. The van der Waals surface area contributed by atoms with E-state index in [9.17, 15) is 9.59 Å². The van der Waals surface area contributed by atoms with Crippen molar-refractivity contribution in [3.8, 4) is 5.75 Å². The van der Waals surface area contributed by atoms with Crippen molar-refractivity contribution in [1.82, 2.24) is 5.32 Å². The van der Waals surface area contributed by atoms with Crippen LogP contribution in [0.5, 0.6) is 5.75 Å². The zero-order valence-corrected chi connectivity index (χ0v) is 15.9. The molecule has 1 aromatic rings. The number of amides is 2. The highest BCUT2D eigenvalue weighted by atomic mass is 16.5. The van der Waals surface area contributed by atoms with Crippen LogP contribution in [0.25, 0.3) is 0 Å². The second-order valence-corrected chi connectivity index (χ2v) is 6.59. The number of nitrogens with zero attached hydrogens (tertiary/aromatic N) is 1. The summed E-state index contributed by atoms with van der Waals surface area (Å²) in [7, 11) is 0. The van der Waals surface area contributed by atoms with Gasteiger partial charge in [0.25, 0.3) is 11.8 Å². The van der Waals surface area contributed by atoms with Gasteiger partial charge in [0.1, 0.15) is 5.75 Å². The molecule has 0 fully saturated rings. The minimum absolute atomic E-state index is 0.0535. The number of fused-ring (bicyclic) bond motifs is 1. The predicted octanol–water partition coefficient (Wildman–Crippen LogP) is 3.52. The van der Waals surface area contributed by atoms with Gasteiger partial charge in [-0.25, -0.2) is 4.99 Å². The van der Waals surface area contributed by atoms with Gasteiger partial charge in [0.05, 0.1) is 18.7 Å². The van der Waals surface area contributed by atoms with Gasteiger partial charge in [0.2, 0.25) is 0 Å². The maximum atomic E-state index is 12.3. The summed E-state index contributed by atoms with van der Waals surface area (Å²) >= 11 is 0. The SMILES string of the molecule is CCOc1ccc(CC(=O)N=C2C=CC3C(=C2)NC(=O)C(CC)=C3C)cc1. The fraction of sp³-hybridized carbons (Fsp3) is 0.318. The second-order valence-electron chi connectivity index (χ2n) is 6.59. The van der Waals surface area contributed by atoms with Gasteiger partial charge in [-0.15, -0.1) is 0 Å². The lowest BCUT2D eigenvalue weighted by Crippen LogP contribution is -2.36. The Morgan fingerprint density at radius 2 is 1.96 bits per heavy atom. The van der Waals surface area contributed by atoms with Crippen molar-refractivity contribution in [2.24, 2.45) is 10.9 Å². The van der Waals surface area contributed by atoms with E-state index >= 15 is 0 Å². The van der Waals surface area contributed by atoms with Crippen molar-refractivity contribution in [3.63, 3.8) is 0 Å². The van der Waals surface area contributed by atoms with Gasteiger partial charge in [-0.3, -0.25) is 9.59 Å². The summed E-state index contributed by atoms with van der Waals surface area (Å²) in [6, 6.07) is 7.45. The van der Waals surface area contributed by atoms with Gasteiger partial charge in [-0.05, 0) is 50.1 Å². The number of carbonyl (C=O) groups is 2. The zero-order valence-electron chi connectivity index (χ0n) is 15.9. The molecule has 0 saturated heterocycles. The maximum Gasteiger partial charge on any atom is 0.251 e. The third kappa shape index (κ3) is 4.25. The molecule has 0 spiro atoms. The Hall–Kier alpha value is -2.95. The molecule has 1 heterocycles. The lowest BCUT2D eigenvalue weighted by atomic mass is 9.84. The molecule has 5 nitrogen and oxygen atoms in total. The van der Waals surface area contributed by atoms with Gasteiger partial charge >= 0.3 is 0 Å². The molecule has 3 rings (SSSR count). The lowest BCUT2D eigenvalue weighted by molar-refractivity contribution is -0.118. The minimum Gasteiger partial charge on any atom is -0.494 e. The van der Waals surface area contributed by atoms with Crippen molar-refractivity contribution in [2.45, 2.75) is 33.6 Å². The Morgan fingerprint density at radius 1 is 1.22 bits per heavy atom. The van der Waals surface area contributed by atoms with Crippen LogP contribution in [0.3, 0.4) is 0 Å². The molecule has 2 amide bonds. The molecule has 1 aromatic carbocycles. The summed E-state index contributed by atoms with van der Waals surface area (Å²) in [5.74, 6) is 0.553. The smallest absolute Gasteiger partial charge is 0.251 e. The first-order chi connectivity index (χ1) is 13.0. The second kappa shape index (κ2) is 8.16. The highest BCUT2D eigenvalue weighted by Crippen LogP contribution is 2.31. The molecule has 1 aliphatic carbocycles. The quantitative estimate of drug-likeness (QED) is 0.869. The summed E-state index contributed by atoms with van der Waals surface area (Å²) in [5, 5.41) is 2.93. The van der Waals surface area contributed by atoms with E-state index in [0.717, 1.165) is 28.2 Å². The first kappa shape index (κ1) is 18.8. The summed E-state index contributed by atoms with van der Waals surface area (Å²) in [6.07, 6.45) is 6.55. The van der Waals surface area contributed by atoms with Crippen LogP contribution in [0.2, 0.25) is 0 Å². The van der Waals surface area contributed by atoms with Crippen LogP contribution in [0.4, 0.5) is 0 Å². The molecule has 5 heteroatoms. The Labute approximate surface area is 159 Å². The summed E-state index contributed by atoms with van der Waals surface area (Å²) < 4.78 is 5.40. The number of carbonyl (C=O) groups excluding carboxylic acids is 2. The summed E-state index contributed by atoms with van der Waals surface area (Å²) in [4.78, 5) is 28.7. The highest BCUT2D eigenvalue weighted by molar-refractivity contribution is 6.11. The molecular weight excluding hydrogens is 340 g/mol. The van der Waals surface area contributed by atoms with Crippen molar-refractivity contribution in [1.29, 1.82) is 0 Å². The third-order valence-electron chi connectivity index (χ3n) is 4.77. The fourth-order valence-electron chi connectivity index (χ4n) is 3.40. The van der Waals surface area contributed by atoms with E-state index in [1.54, 1.807) is 6.08 Å². The van der Waals surface area contributed by atoms with Gasteiger partial charge in [-0.1, -0.05) is 30.7 Å². The Kier molecular flexibility index (Phi) is 5.69. The van der Waals surface area contributed by atoms with Crippen LogP contribution in [-0.4, -0.2) is 24.1 Å². The van der Waals surface area contributed by atoms with E-state index in [-0.39, 0.29) is 24.2 Å². The van der Waals surface area contributed by atoms with Gasteiger partial charge in [0.15, 0.2) is 0 Å². The molecule has 1 atom stereocenters. The number of benzene rings is 1. The topological polar surface area (TPSA) is 67.8 Å². The first-order valence-corrected chi connectivity index (χ1v) is 9.25. The van der Waals surface area contributed by atoms with Gasteiger partial charge in [0, 0.05) is 17.2 Å². The lowest BCUT2D eigenvalue weighted by Gasteiger charge is -2.29. The predicted molar refractivity (Wildman–Crippen MR) is 106 cm³/mol. The Morgan fingerprint density at radius 3 is 2.63 bits per heavy atom. The van der Waals surface area contributed by atoms with Crippen molar-refractivity contribution >= 4 is 17.5 Å². The van der Waals surface area contributed by atoms with E-state index < -0.39 is 0 Å². The molecule has 0 bridgehead atoms. The Bertz CT molecular complexity index is 873. The molecule has 1 unspecified atom stereocenters. The summed E-state index contributed by atoms with van der Waals surface area (Å²) in [5.41, 5.74) is 4.11. The number of allylic oxidation sites excluding steroid dienone is 3. The molecule has 27 heavy (non-hydrogen) atoms. The van der Waals surface area contributed by atoms with Crippen LogP contribution in [-0.2, 0) is 16.0 Å². The number of hydrogen-bond acceptors (Lipinski definition) is 3. The number of hydrogen-bond donors (Lipinski definition) is 1. The first-order valence-electron chi connectivity index (χ1n) is 9.25. The average Bonchev–Trinajstić information content (AvgIpc) is 2.63. The van der Waals surface area contributed by atoms with E-state index in [2.05, 4.69) is 10.3 Å². The van der Waals surface area contributed by atoms with E-state index in [4.69, 9.17) is 4.74 Å². The molecule has 0 aromatic heterocycles. The standard InChI is InChI=1S/C22H24N2O3/c1-4-18-14(3)19-11-8-16(13-20(19)24-22(18)26)23-21(25)12-15-6-9-17(10-7-15)27-5-2/h6-11,13,19H,4-5,12H2,1-3H3,(H,24,26). The molecule has 2 aliphatic rings. The van der Waals surface area contributed by atoms with E-state index in [1.807, 2.05) is 57.2 Å². The highest BCUT2D eigenvalue weighted by Gasteiger charge is 2.28. The molecule has 0 radical (unpaired) electrons. The minimum atomic E-state index is -0.224. The van der Waals surface area contributed by atoms with E-state index in [1.165, 1.54) is 0 Å². The molecule has 140 valence electrons. The van der Waals surface area contributed by atoms with Crippen LogP contribution >= 0.6 is 0 Å². The third-order valence-corrected chi connectivity index (χ3v) is 4.77. The number of rotatable bonds is 5. The van der Waals surface area contributed by atoms with Crippen LogP contribution < -0.4 is 10.1 Å². The van der Waals surface area contributed by atoms with Gasteiger partial charge < -0.3 is 10.1 Å². The fourth-order valence-corrected chi connectivity index (χ4v) is 3.40. The van der Waals surface area contributed by atoms with Crippen molar-refractivity contribution < 1.29 is 14.3 Å². The normalized spacial score (nSPS) is 20.3. The number of aliphatic imine (C=N–C) groups is 1. The van der Waals surface area contributed by atoms with Crippen LogP contribution in [0.1, 0.15) is 32.8 Å². The molecular formula is C22H24N2O3. The molecule has 1 aliphatic heterocycles. The van der Waals surface area contributed by atoms with Crippen molar-refractivity contribution in [3.05, 3.63) is 64.9 Å². The summed E-state index contributed by atoms with van der Waals surface area (Å²) in [6.45, 7) is 6.50. The molecule has 1 N–H and O–H groups in total. The van der Waals surface area contributed by atoms with Crippen LogP contribution in [0.15, 0.2) is 64.3 Å². The number of ether oxygens (including phenoxy) is 1. The number of nitrogens with one attached hydrogen (secondary N) is 1. The Balaban J connectivity index is 1.71. The van der Waals surface area contributed by atoms with Crippen LogP contribution in [0, 0.1) is 5.92 Å². The maximum absolute atomic E-state index is 12.3. The van der Waals surface area contributed by atoms with Gasteiger partial charge in [-0.2, -0.15) is 0 Å². The van der Waals surface area contributed by atoms with E-state index in [0.29, 0.717) is 18.7 Å². The van der Waals surface area contributed by atoms with Crippen molar-refractivity contribution in [2.75, 3.05) is 6.61 Å². The molecule has 0 saturated carbocycles.